The van der Waals surface area contributed by atoms with Gasteiger partial charge >= 0.3 is 0 Å². The zero-order valence-corrected chi connectivity index (χ0v) is 16.7. The fourth-order valence-electron chi connectivity index (χ4n) is 3.17. The predicted octanol–water partition coefficient (Wildman–Crippen LogP) is 5.25. The second kappa shape index (κ2) is 7.20. The SMILES string of the molecule is COc1ccc(CCn2c(C(C)(C)C)nc3ccc(Cl)cc32)cc1OC. The normalized spacial score (nSPS) is 11.8. The predicted molar refractivity (Wildman–Crippen MR) is 107 cm³/mol. The summed E-state index contributed by atoms with van der Waals surface area (Å²) in [6, 6.07) is 11.9. The van der Waals surface area contributed by atoms with Crippen molar-refractivity contribution in [3.63, 3.8) is 0 Å². The molecule has 0 atom stereocenters. The van der Waals surface area contributed by atoms with Crippen LogP contribution in [0.4, 0.5) is 0 Å². The molecule has 0 unspecified atom stereocenters. The quantitative estimate of drug-likeness (QED) is 0.613. The number of rotatable bonds is 5. The third kappa shape index (κ3) is 3.65. The van der Waals surface area contributed by atoms with E-state index in [1.807, 2.05) is 30.3 Å². The van der Waals surface area contributed by atoms with Gasteiger partial charge in [-0.3, -0.25) is 0 Å². The first-order valence-corrected chi connectivity index (χ1v) is 9.08. The highest BCUT2D eigenvalue weighted by Crippen LogP contribution is 2.30. The van der Waals surface area contributed by atoms with Crippen LogP contribution in [0.15, 0.2) is 36.4 Å². The molecule has 0 N–H and O–H groups in total. The number of aromatic nitrogens is 2. The van der Waals surface area contributed by atoms with E-state index in [9.17, 15) is 0 Å². The van der Waals surface area contributed by atoms with Gasteiger partial charge in [-0.15, -0.1) is 0 Å². The molecule has 5 heteroatoms. The fourth-order valence-corrected chi connectivity index (χ4v) is 3.34. The fraction of sp³-hybridized carbons (Fsp3) is 0.381. The van der Waals surface area contributed by atoms with E-state index >= 15 is 0 Å². The summed E-state index contributed by atoms with van der Waals surface area (Å²) in [6.45, 7) is 7.37. The van der Waals surface area contributed by atoms with Crippen LogP contribution in [-0.2, 0) is 18.4 Å². The van der Waals surface area contributed by atoms with E-state index < -0.39 is 0 Å². The number of aryl methyl sites for hydroxylation is 2. The molecule has 0 radical (unpaired) electrons. The smallest absolute Gasteiger partial charge is 0.160 e. The van der Waals surface area contributed by atoms with E-state index in [0.717, 1.165) is 46.3 Å². The minimum Gasteiger partial charge on any atom is -0.493 e. The molecule has 0 aliphatic carbocycles. The van der Waals surface area contributed by atoms with Crippen molar-refractivity contribution in [1.29, 1.82) is 0 Å². The molecule has 0 aliphatic heterocycles. The summed E-state index contributed by atoms with van der Waals surface area (Å²) in [5, 5.41) is 0.727. The lowest BCUT2D eigenvalue weighted by atomic mass is 9.95. The van der Waals surface area contributed by atoms with E-state index in [2.05, 4.69) is 31.4 Å². The van der Waals surface area contributed by atoms with Crippen molar-refractivity contribution < 1.29 is 9.47 Å². The van der Waals surface area contributed by atoms with Crippen molar-refractivity contribution in [3.8, 4) is 11.5 Å². The minimum atomic E-state index is -0.0525. The van der Waals surface area contributed by atoms with Gasteiger partial charge in [-0.1, -0.05) is 38.4 Å². The second-order valence-electron chi connectivity index (χ2n) is 7.41. The van der Waals surface area contributed by atoms with Gasteiger partial charge in [0, 0.05) is 17.0 Å². The van der Waals surface area contributed by atoms with Crippen molar-refractivity contribution in [3.05, 3.63) is 52.8 Å². The molecule has 0 amide bonds. The van der Waals surface area contributed by atoms with Crippen LogP contribution < -0.4 is 9.47 Å². The first-order valence-electron chi connectivity index (χ1n) is 8.70. The van der Waals surface area contributed by atoms with Crippen LogP contribution in [0.3, 0.4) is 0 Å². The molecule has 0 saturated carbocycles. The zero-order chi connectivity index (χ0) is 18.9. The molecule has 3 aromatic rings. The Morgan fingerprint density at radius 3 is 2.38 bits per heavy atom. The molecule has 0 aliphatic rings. The molecule has 0 fully saturated rings. The van der Waals surface area contributed by atoms with Crippen molar-refractivity contribution in [2.24, 2.45) is 0 Å². The highest BCUT2D eigenvalue weighted by Gasteiger charge is 2.23. The molecule has 3 rings (SSSR count). The summed E-state index contributed by atoms with van der Waals surface area (Å²) in [7, 11) is 3.30. The standard InChI is InChI=1S/C21H25ClN2O2/c1-21(2,3)20-23-16-8-7-15(22)13-17(16)24(20)11-10-14-6-9-18(25-4)19(12-14)26-5/h6-9,12-13H,10-11H2,1-5H3. The largest absolute Gasteiger partial charge is 0.493 e. The first kappa shape index (κ1) is 18.6. The van der Waals surface area contributed by atoms with Crippen LogP contribution in [0.25, 0.3) is 11.0 Å². The van der Waals surface area contributed by atoms with Gasteiger partial charge in [0.25, 0.3) is 0 Å². The Morgan fingerprint density at radius 1 is 1.00 bits per heavy atom. The summed E-state index contributed by atoms with van der Waals surface area (Å²) < 4.78 is 13.0. The summed E-state index contributed by atoms with van der Waals surface area (Å²) >= 11 is 6.23. The van der Waals surface area contributed by atoms with Gasteiger partial charge < -0.3 is 14.0 Å². The van der Waals surface area contributed by atoms with E-state index in [1.165, 1.54) is 5.56 Å². The number of halogens is 1. The van der Waals surface area contributed by atoms with Gasteiger partial charge in [-0.25, -0.2) is 4.98 Å². The Morgan fingerprint density at radius 2 is 1.73 bits per heavy atom. The summed E-state index contributed by atoms with van der Waals surface area (Å²) in [4.78, 5) is 4.86. The number of methoxy groups -OCH3 is 2. The summed E-state index contributed by atoms with van der Waals surface area (Å²) in [6.07, 6.45) is 0.863. The van der Waals surface area contributed by atoms with Gasteiger partial charge in [0.2, 0.25) is 0 Å². The summed E-state index contributed by atoms with van der Waals surface area (Å²) in [5.41, 5.74) is 3.18. The van der Waals surface area contributed by atoms with E-state index in [0.29, 0.717) is 0 Å². The number of fused-ring (bicyclic) bond motifs is 1. The highest BCUT2D eigenvalue weighted by molar-refractivity contribution is 6.31. The van der Waals surface area contributed by atoms with Crippen LogP contribution in [0.5, 0.6) is 11.5 Å². The number of ether oxygens (including phenoxy) is 2. The number of hydrogen-bond acceptors (Lipinski definition) is 3. The van der Waals surface area contributed by atoms with E-state index in [4.69, 9.17) is 26.1 Å². The molecule has 138 valence electrons. The van der Waals surface area contributed by atoms with Crippen molar-refractivity contribution in [1.82, 2.24) is 9.55 Å². The number of hydrogen-bond donors (Lipinski definition) is 0. The van der Waals surface area contributed by atoms with Crippen LogP contribution in [-0.4, -0.2) is 23.8 Å². The summed E-state index contributed by atoms with van der Waals surface area (Å²) in [5.74, 6) is 2.56. The number of benzene rings is 2. The Labute approximate surface area is 159 Å². The topological polar surface area (TPSA) is 36.3 Å². The lowest BCUT2D eigenvalue weighted by molar-refractivity contribution is 0.354. The average Bonchev–Trinajstić information content (AvgIpc) is 2.97. The van der Waals surface area contributed by atoms with Gasteiger partial charge in [0.05, 0.1) is 25.3 Å². The Bertz CT molecular complexity index is 926. The first-order chi connectivity index (χ1) is 12.3. The molecule has 0 spiro atoms. The monoisotopic (exact) mass is 372 g/mol. The van der Waals surface area contributed by atoms with Crippen LogP contribution in [0.2, 0.25) is 5.02 Å². The molecule has 4 nitrogen and oxygen atoms in total. The average molecular weight is 373 g/mol. The molecule has 2 aromatic carbocycles. The van der Waals surface area contributed by atoms with Crippen molar-refractivity contribution >= 4 is 22.6 Å². The van der Waals surface area contributed by atoms with Crippen molar-refractivity contribution in [2.75, 3.05) is 14.2 Å². The van der Waals surface area contributed by atoms with Crippen LogP contribution >= 0.6 is 11.6 Å². The molecule has 26 heavy (non-hydrogen) atoms. The molecular formula is C21H25ClN2O2. The van der Waals surface area contributed by atoms with Crippen molar-refractivity contribution in [2.45, 2.75) is 39.2 Å². The second-order valence-corrected chi connectivity index (χ2v) is 7.85. The highest BCUT2D eigenvalue weighted by atomic mass is 35.5. The third-order valence-electron chi connectivity index (χ3n) is 4.45. The maximum Gasteiger partial charge on any atom is 0.160 e. The van der Waals surface area contributed by atoms with E-state index in [-0.39, 0.29) is 5.41 Å². The molecule has 1 heterocycles. The Kier molecular flexibility index (Phi) is 5.15. The lowest BCUT2D eigenvalue weighted by Gasteiger charge is -2.20. The third-order valence-corrected chi connectivity index (χ3v) is 4.69. The lowest BCUT2D eigenvalue weighted by Crippen LogP contribution is -2.19. The maximum atomic E-state index is 6.23. The number of nitrogens with zero attached hydrogens (tertiary/aromatic N) is 2. The molecular weight excluding hydrogens is 348 g/mol. The van der Waals surface area contributed by atoms with Gasteiger partial charge in [0.1, 0.15) is 5.82 Å². The zero-order valence-electron chi connectivity index (χ0n) is 16.0. The van der Waals surface area contributed by atoms with Crippen LogP contribution in [0, 0.1) is 0 Å². The van der Waals surface area contributed by atoms with Gasteiger partial charge in [-0.2, -0.15) is 0 Å². The van der Waals surface area contributed by atoms with E-state index in [1.54, 1.807) is 14.2 Å². The molecule has 1 aromatic heterocycles. The minimum absolute atomic E-state index is 0.0525. The van der Waals surface area contributed by atoms with Gasteiger partial charge in [-0.05, 0) is 42.3 Å². The Hall–Kier alpha value is -2.20. The Balaban J connectivity index is 1.96. The van der Waals surface area contributed by atoms with Gasteiger partial charge in [0.15, 0.2) is 11.5 Å². The number of imidazole rings is 1. The molecule has 0 saturated heterocycles. The molecule has 0 bridgehead atoms. The van der Waals surface area contributed by atoms with Crippen LogP contribution in [0.1, 0.15) is 32.2 Å². The maximum absolute atomic E-state index is 6.23.